The zero-order valence-electron chi connectivity index (χ0n) is 10.2. The van der Waals surface area contributed by atoms with Crippen LogP contribution in [0.1, 0.15) is 26.1 Å². The topological polar surface area (TPSA) is 77.2 Å². The fourth-order valence-electron chi connectivity index (χ4n) is 1.25. The number of aliphatic hydroxyl groups excluding tert-OH is 1. The number of rotatable bonds is 6. The van der Waals surface area contributed by atoms with Crippen molar-refractivity contribution in [1.82, 2.24) is 14.8 Å². The van der Waals surface area contributed by atoms with Crippen LogP contribution in [0.3, 0.4) is 0 Å². The van der Waals surface area contributed by atoms with E-state index in [1.54, 1.807) is 18.5 Å². The van der Waals surface area contributed by atoms with Crippen LogP contribution in [0.2, 0.25) is 0 Å². The summed E-state index contributed by atoms with van der Waals surface area (Å²) in [7, 11) is 1.76. The summed E-state index contributed by atoms with van der Waals surface area (Å²) < 4.78 is 6.65. The van der Waals surface area contributed by atoms with Crippen LogP contribution in [0, 0.1) is 0 Å². The summed E-state index contributed by atoms with van der Waals surface area (Å²) in [4.78, 5) is 11.6. The number of aromatic nitrogens is 3. The minimum Gasteiger partial charge on any atom is -0.465 e. The Balaban J connectivity index is 2.73. The second-order valence-electron chi connectivity index (χ2n) is 3.38. The molecule has 0 amide bonds. The summed E-state index contributed by atoms with van der Waals surface area (Å²) in [5.41, 5.74) is 0. The minimum absolute atomic E-state index is 0.166. The van der Waals surface area contributed by atoms with Gasteiger partial charge in [0.1, 0.15) is 11.9 Å². The highest BCUT2D eigenvalue weighted by molar-refractivity contribution is 8.00. The molecule has 0 bridgehead atoms. The first kappa shape index (κ1) is 14.0. The van der Waals surface area contributed by atoms with Crippen LogP contribution < -0.4 is 0 Å². The lowest BCUT2D eigenvalue weighted by Gasteiger charge is -2.12. The number of ether oxygens (including phenoxy) is 1. The zero-order valence-corrected chi connectivity index (χ0v) is 11.0. The van der Waals surface area contributed by atoms with E-state index in [0.717, 1.165) is 0 Å². The van der Waals surface area contributed by atoms with Gasteiger partial charge in [0.05, 0.1) is 6.61 Å². The average Bonchev–Trinajstić information content (AvgIpc) is 2.67. The van der Waals surface area contributed by atoms with E-state index >= 15 is 0 Å². The Bertz CT molecular complexity index is 381. The number of carbonyl (C=O) groups excluding carboxylic acids is 1. The lowest BCUT2D eigenvalue weighted by molar-refractivity contribution is -0.142. The molecular formula is C10H17N3O3S. The van der Waals surface area contributed by atoms with Crippen LogP contribution in [-0.2, 0) is 23.2 Å². The van der Waals surface area contributed by atoms with E-state index in [-0.39, 0.29) is 17.8 Å². The van der Waals surface area contributed by atoms with Crippen molar-refractivity contribution >= 4 is 17.7 Å². The maximum absolute atomic E-state index is 11.6. The SMILES string of the molecule is CCOC(=O)[C@H](CC)Sc1nnc(CO)n1C. The Hall–Kier alpha value is -1.08. The molecule has 1 heterocycles. The number of nitrogens with zero attached hydrogens (tertiary/aromatic N) is 3. The molecule has 0 fully saturated rings. The first-order chi connectivity index (χ1) is 8.13. The summed E-state index contributed by atoms with van der Waals surface area (Å²) in [5.74, 6) is 0.236. The van der Waals surface area contributed by atoms with Gasteiger partial charge in [0.25, 0.3) is 0 Å². The van der Waals surface area contributed by atoms with Crippen molar-refractivity contribution in [1.29, 1.82) is 0 Å². The molecule has 0 radical (unpaired) electrons. The lowest BCUT2D eigenvalue weighted by Crippen LogP contribution is -2.20. The van der Waals surface area contributed by atoms with Crippen molar-refractivity contribution in [3.63, 3.8) is 0 Å². The fraction of sp³-hybridized carbons (Fsp3) is 0.700. The standard InChI is InChI=1S/C10H17N3O3S/c1-4-7(9(15)16-5-2)17-10-12-11-8(6-14)13(10)3/h7,14H,4-6H2,1-3H3/t7-/m0/s1. The molecule has 0 saturated heterocycles. The molecule has 96 valence electrons. The number of carbonyl (C=O) groups is 1. The molecular weight excluding hydrogens is 242 g/mol. The summed E-state index contributed by atoms with van der Waals surface area (Å²) >= 11 is 1.30. The third kappa shape index (κ3) is 3.44. The second kappa shape index (κ2) is 6.61. The van der Waals surface area contributed by atoms with Crippen molar-refractivity contribution in [2.45, 2.75) is 37.3 Å². The third-order valence-corrected chi connectivity index (χ3v) is 3.61. The van der Waals surface area contributed by atoms with Gasteiger partial charge in [-0.15, -0.1) is 10.2 Å². The van der Waals surface area contributed by atoms with Gasteiger partial charge < -0.3 is 14.4 Å². The van der Waals surface area contributed by atoms with Crippen molar-refractivity contribution in [2.75, 3.05) is 6.61 Å². The molecule has 0 aliphatic carbocycles. The Morgan fingerprint density at radius 3 is 2.71 bits per heavy atom. The number of esters is 1. The molecule has 7 heteroatoms. The lowest BCUT2D eigenvalue weighted by atomic mass is 10.3. The van der Waals surface area contributed by atoms with Crippen LogP contribution in [-0.4, -0.2) is 37.7 Å². The van der Waals surface area contributed by atoms with Crippen LogP contribution in [0.15, 0.2) is 5.16 Å². The fourth-order valence-corrected chi connectivity index (χ4v) is 2.18. The molecule has 1 atom stereocenters. The number of hydrogen-bond donors (Lipinski definition) is 1. The predicted molar refractivity (Wildman–Crippen MR) is 63.5 cm³/mol. The highest BCUT2D eigenvalue weighted by Gasteiger charge is 2.22. The molecule has 1 N–H and O–H groups in total. The van der Waals surface area contributed by atoms with Crippen LogP contribution in [0.4, 0.5) is 0 Å². The van der Waals surface area contributed by atoms with E-state index in [0.29, 0.717) is 24.0 Å². The Kier molecular flexibility index (Phi) is 5.43. The Labute approximate surface area is 104 Å². The van der Waals surface area contributed by atoms with E-state index < -0.39 is 0 Å². The van der Waals surface area contributed by atoms with Gasteiger partial charge in [-0.2, -0.15) is 0 Å². The molecule has 0 aliphatic heterocycles. The maximum atomic E-state index is 11.6. The van der Waals surface area contributed by atoms with Crippen LogP contribution in [0.5, 0.6) is 0 Å². The third-order valence-electron chi connectivity index (χ3n) is 2.23. The molecule has 0 aliphatic rings. The average molecular weight is 259 g/mol. The van der Waals surface area contributed by atoms with Gasteiger partial charge in [-0.25, -0.2) is 0 Å². The quantitative estimate of drug-likeness (QED) is 0.600. The highest BCUT2D eigenvalue weighted by Crippen LogP contribution is 2.24. The molecule has 1 aromatic rings. The van der Waals surface area contributed by atoms with Crippen molar-refractivity contribution < 1.29 is 14.6 Å². The van der Waals surface area contributed by atoms with Gasteiger partial charge in [-0.3, -0.25) is 4.79 Å². The summed E-state index contributed by atoms with van der Waals surface area (Å²) in [6.45, 7) is 3.90. The molecule has 0 unspecified atom stereocenters. The van der Waals surface area contributed by atoms with Crippen molar-refractivity contribution in [2.24, 2.45) is 7.05 Å². The normalized spacial score (nSPS) is 12.5. The Morgan fingerprint density at radius 1 is 1.53 bits per heavy atom. The molecule has 1 aromatic heterocycles. The van der Waals surface area contributed by atoms with E-state index in [9.17, 15) is 4.79 Å². The van der Waals surface area contributed by atoms with E-state index in [1.165, 1.54) is 11.8 Å². The van der Waals surface area contributed by atoms with Gasteiger partial charge in [0.2, 0.25) is 0 Å². The van der Waals surface area contributed by atoms with Gasteiger partial charge >= 0.3 is 5.97 Å². The Morgan fingerprint density at radius 2 is 2.24 bits per heavy atom. The minimum atomic E-state index is -0.288. The largest absolute Gasteiger partial charge is 0.465 e. The molecule has 0 saturated carbocycles. The number of thioether (sulfide) groups is 1. The second-order valence-corrected chi connectivity index (χ2v) is 4.55. The molecule has 17 heavy (non-hydrogen) atoms. The smallest absolute Gasteiger partial charge is 0.319 e. The summed E-state index contributed by atoms with van der Waals surface area (Å²) in [6, 6.07) is 0. The van der Waals surface area contributed by atoms with Gasteiger partial charge in [-0.05, 0) is 13.3 Å². The van der Waals surface area contributed by atoms with Gasteiger partial charge in [0.15, 0.2) is 11.0 Å². The van der Waals surface area contributed by atoms with Gasteiger partial charge in [0, 0.05) is 7.05 Å². The zero-order chi connectivity index (χ0) is 12.8. The first-order valence-electron chi connectivity index (χ1n) is 5.46. The number of aliphatic hydroxyl groups is 1. The van der Waals surface area contributed by atoms with Crippen LogP contribution in [0.25, 0.3) is 0 Å². The monoisotopic (exact) mass is 259 g/mol. The van der Waals surface area contributed by atoms with Crippen LogP contribution >= 0.6 is 11.8 Å². The maximum Gasteiger partial charge on any atom is 0.319 e. The van der Waals surface area contributed by atoms with Crippen molar-refractivity contribution in [3.05, 3.63) is 5.82 Å². The highest BCUT2D eigenvalue weighted by atomic mass is 32.2. The van der Waals surface area contributed by atoms with Gasteiger partial charge in [-0.1, -0.05) is 18.7 Å². The molecule has 0 spiro atoms. The van der Waals surface area contributed by atoms with E-state index in [4.69, 9.17) is 9.84 Å². The number of hydrogen-bond acceptors (Lipinski definition) is 6. The predicted octanol–water partition coefficient (Wildman–Crippen LogP) is 0.741. The van der Waals surface area contributed by atoms with E-state index in [2.05, 4.69) is 10.2 Å². The molecule has 1 rings (SSSR count). The van der Waals surface area contributed by atoms with Crippen molar-refractivity contribution in [3.8, 4) is 0 Å². The van der Waals surface area contributed by atoms with E-state index in [1.807, 2.05) is 6.92 Å². The first-order valence-corrected chi connectivity index (χ1v) is 6.34. The summed E-state index contributed by atoms with van der Waals surface area (Å²) in [6.07, 6.45) is 0.658. The molecule has 6 nitrogen and oxygen atoms in total. The molecule has 0 aromatic carbocycles. The summed E-state index contributed by atoms with van der Waals surface area (Å²) in [5, 5.41) is 17.1.